The SMILES string of the molecule is Cc1ccc(C(C)NC(C)c2ccc(OCc3nccn3C)cc2)o1. The van der Waals surface area contributed by atoms with Crippen LogP contribution in [0.5, 0.6) is 5.75 Å². The first kappa shape index (κ1) is 17.3. The van der Waals surface area contributed by atoms with Gasteiger partial charge in [-0.1, -0.05) is 12.1 Å². The number of rotatable bonds is 7. The molecule has 0 saturated heterocycles. The molecule has 0 aliphatic rings. The fraction of sp³-hybridized carbons (Fsp3) is 0.350. The van der Waals surface area contributed by atoms with Gasteiger partial charge in [0.15, 0.2) is 0 Å². The van der Waals surface area contributed by atoms with Crippen molar-refractivity contribution in [2.45, 2.75) is 39.5 Å². The number of nitrogens with zero attached hydrogens (tertiary/aromatic N) is 2. The Balaban J connectivity index is 1.56. The molecule has 0 aliphatic carbocycles. The first-order chi connectivity index (χ1) is 12.0. The van der Waals surface area contributed by atoms with Crippen molar-refractivity contribution in [3.63, 3.8) is 0 Å². The largest absolute Gasteiger partial charge is 0.486 e. The van der Waals surface area contributed by atoms with Gasteiger partial charge in [0.2, 0.25) is 0 Å². The van der Waals surface area contributed by atoms with E-state index in [-0.39, 0.29) is 12.1 Å². The Morgan fingerprint density at radius 2 is 1.88 bits per heavy atom. The molecule has 2 unspecified atom stereocenters. The van der Waals surface area contributed by atoms with Gasteiger partial charge in [0, 0.05) is 25.5 Å². The number of benzene rings is 1. The van der Waals surface area contributed by atoms with Crippen molar-refractivity contribution in [1.29, 1.82) is 0 Å². The summed E-state index contributed by atoms with van der Waals surface area (Å²) in [6, 6.07) is 12.6. The molecule has 0 spiro atoms. The second-order valence-electron chi connectivity index (χ2n) is 6.37. The van der Waals surface area contributed by atoms with E-state index in [0.29, 0.717) is 6.61 Å². The van der Waals surface area contributed by atoms with E-state index in [2.05, 4.69) is 36.3 Å². The lowest BCUT2D eigenvalue weighted by atomic mass is 10.1. The Kier molecular flexibility index (Phi) is 5.24. The third-order valence-electron chi connectivity index (χ3n) is 4.36. The van der Waals surface area contributed by atoms with Gasteiger partial charge in [-0.05, 0) is 50.6 Å². The van der Waals surface area contributed by atoms with Gasteiger partial charge < -0.3 is 19.0 Å². The van der Waals surface area contributed by atoms with Crippen LogP contribution in [0.4, 0.5) is 0 Å². The molecule has 0 fully saturated rings. The Bertz CT molecular complexity index is 804. The number of ether oxygens (including phenoxy) is 1. The normalized spacial score (nSPS) is 13.6. The molecule has 2 heterocycles. The average molecular weight is 339 g/mol. The van der Waals surface area contributed by atoms with Gasteiger partial charge in [0.05, 0.1) is 6.04 Å². The van der Waals surface area contributed by atoms with Gasteiger partial charge in [-0.25, -0.2) is 4.98 Å². The molecule has 0 aliphatic heterocycles. The molecule has 0 saturated carbocycles. The highest BCUT2D eigenvalue weighted by atomic mass is 16.5. The maximum absolute atomic E-state index is 5.80. The van der Waals surface area contributed by atoms with Crippen LogP contribution in [0.1, 0.15) is 48.8 Å². The molecule has 1 aromatic carbocycles. The van der Waals surface area contributed by atoms with Gasteiger partial charge in [-0.3, -0.25) is 0 Å². The summed E-state index contributed by atoms with van der Waals surface area (Å²) in [5.74, 6) is 3.64. The van der Waals surface area contributed by atoms with Crippen LogP contribution in [-0.2, 0) is 13.7 Å². The fourth-order valence-corrected chi connectivity index (χ4v) is 2.78. The lowest BCUT2D eigenvalue weighted by Gasteiger charge is -2.19. The second kappa shape index (κ2) is 7.57. The van der Waals surface area contributed by atoms with E-state index >= 15 is 0 Å². The van der Waals surface area contributed by atoms with Crippen LogP contribution < -0.4 is 10.1 Å². The van der Waals surface area contributed by atoms with E-state index in [4.69, 9.17) is 9.15 Å². The Labute approximate surface area is 148 Å². The van der Waals surface area contributed by atoms with Crippen molar-refractivity contribution >= 4 is 0 Å². The Morgan fingerprint density at radius 3 is 2.48 bits per heavy atom. The summed E-state index contributed by atoms with van der Waals surface area (Å²) in [6.45, 7) is 6.68. The van der Waals surface area contributed by atoms with Gasteiger partial charge in [-0.15, -0.1) is 0 Å². The molecule has 0 amide bonds. The molecule has 25 heavy (non-hydrogen) atoms. The highest BCUT2D eigenvalue weighted by molar-refractivity contribution is 5.29. The van der Waals surface area contributed by atoms with Gasteiger partial charge in [0.25, 0.3) is 0 Å². The van der Waals surface area contributed by atoms with E-state index < -0.39 is 0 Å². The van der Waals surface area contributed by atoms with Crippen molar-refractivity contribution in [2.24, 2.45) is 7.05 Å². The summed E-state index contributed by atoms with van der Waals surface area (Å²) < 4.78 is 13.4. The third-order valence-corrected chi connectivity index (χ3v) is 4.36. The van der Waals surface area contributed by atoms with Gasteiger partial charge >= 0.3 is 0 Å². The minimum Gasteiger partial charge on any atom is -0.486 e. The first-order valence-electron chi connectivity index (χ1n) is 8.54. The van der Waals surface area contributed by atoms with Crippen LogP contribution in [0.2, 0.25) is 0 Å². The zero-order chi connectivity index (χ0) is 17.8. The molecule has 2 atom stereocenters. The molecule has 3 rings (SSSR count). The maximum atomic E-state index is 5.80. The fourth-order valence-electron chi connectivity index (χ4n) is 2.78. The summed E-state index contributed by atoms with van der Waals surface area (Å²) in [7, 11) is 1.96. The summed E-state index contributed by atoms with van der Waals surface area (Å²) in [5, 5.41) is 3.56. The zero-order valence-corrected chi connectivity index (χ0v) is 15.2. The minimum absolute atomic E-state index is 0.156. The Hall–Kier alpha value is -2.53. The van der Waals surface area contributed by atoms with E-state index in [1.54, 1.807) is 6.20 Å². The van der Waals surface area contributed by atoms with E-state index in [0.717, 1.165) is 23.1 Å². The van der Waals surface area contributed by atoms with Crippen molar-refractivity contribution in [1.82, 2.24) is 14.9 Å². The molecule has 0 bridgehead atoms. The number of aromatic nitrogens is 2. The highest BCUT2D eigenvalue weighted by Crippen LogP contribution is 2.23. The lowest BCUT2D eigenvalue weighted by Crippen LogP contribution is -2.22. The van der Waals surface area contributed by atoms with Crippen LogP contribution >= 0.6 is 0 Å². The molecular weight excluding hydrogens is 314 g/mol. The van der Waals surface area contributed by atoms with Gasteiger partial charge in [0.1, 0.15) is 29.7 Å². The minimum atomic E-state index is 0.156. The van der Waals surface area contributed by atoms with E-state index in [1.165, 1.54) is 5.56 Å². The van der Waals surface area contributed by atoms with Crippen molar-refractivity contribution in [3.8, 4) is 5.75 Å². The quantitative estimate of drug-likeness (QED) is 0.697. The summed E-state index contributed by atoms with van der Waals surface area (Å²) >= 11 is 0. The first-order valence-corrected chi connectivity index (χ1v) is 8.54. The van der Waals surface area contributed by atoms with Crippen LogP contribution in [0.15, 0.2) is 53.2 Å². The average Bonchev–Trinajstić information content (AvgIpc) is 3.21. The zero-order valence-electron chi connectivity index (χ0n) is 15.2. The highest BCUT2D eigenvalue weighted by Gasteiger charge is 2.14. The monoisotopic (exact) mass is 339 g/mol. The maximum Gasteiger partial charge on any atom is 0.146 e. The number of aryl methyl sites for hydroxylation is 2. The smallest absolute Gasteiger partial charge is 0.146 e. The summed E-state index contributed by atoms with van der Waals surface area (Å²) in [5.41, 5.74) is 1.21. The van der Waals surface area contributed by atoms with Crippen LogP contribution in [0, 0.1) is 6.92 Å². The van der Waals surface area contributed by atoms with Crippen molar-refractivity contribution in [2.75, 3.05) is 0 Å². The molecule has 0 radical (unpaired) electrons. The number of hydrogen-bond acceptors (Lipinski definition) is 4. The number of hydrogen-bond donors (Lipinski definition) is 1. The van der Waals surface area contributed by atoms with Crippen LogP contribution in [0.3, 0.4) is 0 Å². The van der Waals surface area contributed by atoms with Gasteiger partial charge in [-0.2, -0.15) is 0 Å². The molecule has 3 aromatic rings. The van der Waals surface area contributed by atoms with Crippen LogP contribution in [0.25, 0.3) is 0 Å². The second-order valence-corrected chi connectivity index (χ2v) is 6.37. The predicted octanol–water partition coefficient (Wildman–Crippen LogP) is 4.31. The topological polar surface area (TPSA) is 52.2 Å². The lowest BCUT2D eigenvalue weighted by molar-refractivity contribution is 0.291. The van der Waals surface area contributed by atoms with E-state index in [9.17, 15) is 0 Å². The molecular formula is C20H25N3O2. The van der Waals surface area contributed by atoms with Crippen molar-refractivity contribution in [3.05, 3.63) is 71.7 Å². The van der Waals surface area contributed by atoms with Crippen LogP contribution in [-0.4, -0.2) is 9.55 Å². The number of imidazole rings is 1. The molecule has 132 valence electrons. The third kappa shape index (κ3) is 4.31. The molecule has 2 aromatic heterocycles. The summed E-state index contributed by atoms with van der Waals surface area (Å²) in [6.07, 6.45) is 3.69. The molecule has 1 N–H and O–H groups in total. The number of nitrogens with one attached hydrogen (secondary N) is 1. The van der Waals surface area contributed by atoms with Crippen molar-refractivity contribution < 1.29 is 9.15 Å². The Morgan fingerprint density at radius 1 is 1.12 bits per heavy atom. The number of furan rings is 1. The summed E-state index contributed by atoms with van der Waals surface area (Å²) in [4.78, 5) is 4.26. The molecule has 5 nitrogen and oxygen atoms in total. The van der Waals surface area contributed by atoms with E-state index in [1.807, 2.05) is 49.0 Å². The molecule has 5 heteroatoms. The standard InChI is InChI=1S/C20H25N3O2/c1-14-5-10-19(25-14)16(3)22-15(2)17-6-8-18(9-7-17)24-13-20-21-11-12-23(20)4/h5-12,15-16,22H,13H2,1-4H3. The predicted molar refractivity (Wildman–Crippen MR) is 97.4 cm³/mol.